The third kappa shape index (κ3) is 4.90. The molecule has 0 unspecified atom stereocenters. The quantitative estimate of drug-likeness (QED) is 0.486. The Morgan fingerprint density at radius 2 is 1.83 bits per heavy atom. The zero-order chi connectivity index (χ0) is 9.61. The Morgan fingerprint density at radius 3 is 2.08 bits per heavy atom. The monoisotopic (exact) mass is 195 g/mol. The second kappa shape index (κ2) is 5.72. The molecule has 0 spiro atoms. The van der Waals surface area contributed by atoms with E-state index in [0.29, 0.717) is 0 Å². The van der Waals surface area contributed by atoms with Gasteiger partial charge in [-0.25, -0.2) is 9.56 Å². The van der Waals surface area contributed by atoms with Gasteiger partial charge in [0.15, 0.2) is 0 Å². The van der Waals surface area contributed by atoms with Crippen LogP contribution in [0.4, 0.5) is 0 Å². The van der Waals surface area contributed by atoms with Crippen molar-refractivity contribution in [2.24, 2.45) is 0 Å². The van der Waals surface area contributed by atoms with Gasteiger partial charge in [-0.05, 0) is 20.7 Å². The average molecular weight is 195 g/mol. The van der Waals surface area contributed by atoms with Gasteiger partial charge in [-0.2, -0.15) is 0 Å². The minimum atomic E-state index is -3.28. The fourth-order valence-electron chi connectivity index (χ4n) is 0.681. The minimum absolute atomic E-state index is 0.275. The second-order valence-electron chi connectivity index (χ2n) is 2.14. The lowest BCUT2D eigenvalue weighted by Crippen LogP contribution is -2.29. The van der Waals surface area contributed by atoms with Gasteiger partial charge in [0, 0.05) is 0 Å². The van der Waals surface area contributed by atoms with E-state index >= 15 is 0 Å². The maximum absolute atomic E-state index is 11.5. The molecule has 0 aromatic heterocycles. The van der Waals surface area contributed by atoms with Crippen molar-refractivity contribution in [1.82, 2.24) is 5.00 Å². The Bertz CT molecular complexity index is 156. The third-order valence-electron chi connectivity index (χ3n) is 0.943. The Morgan fingerprint density at radius 1 is 1.42 bits per heavy atom. The summed E-state index contributed by atoms with van der Waals surface area (Å²) < 4.78 is 21.2. The molecule has 0 saturated heterocycles. The summed E-state index contributed by atoms with van der Waals surface area (Å²) in [4.78, 5) is 2.32. The predicted molar refractivity (Wildman–Crippen MR) is 47.8 cm³/mol. The summed E-state index contributed by atoms with van der Waals surface area (Å²) in [6.07, 6.45) is 0. The molecule has 0 heterocycles. The average Bonchev–Trinajstić information content (AvgIpc) is 1.85. The fraction of sp³-hybridized carbons (Fsp3) is 1.00. The number of hydrogen-bond acceptors (Lipinski definition) is 4. The maximum atomic E-state index is 11.5. The van der Waals surface area contributed by atoms with Crippen LogP contribution in [0.5, 0.6) is 0 Å². The van der Waals surface area contributed by atoms with Gasteiger partial charge in [0.25, 0.3) is 0 Å². The lowest BCUT2D eigenvalue weighted by atomic mass is 9.92. The van der Waals surface area contributed by atoms with Crippen LogP contribution < -0.4 is 5.00 Å². The standard InChI is InChI=1S/C5H15BNO4P/c1-4-10-12(9,11-5-2)7-6(3)8/h8H,4-5H2,1-3H3,(H,7,9). The van der Waals surface area contributed by atoms with Crippen LogP contribution in [0.25, 0.3) is 0 Å². The van der Waals surface area contributed by atoms with E-state index in [4.69, 9.17) is 14.1 Å². The maximum Gasteiger partial charge on any atom is 0.397 e. The van der Waals surface area contributed by atoms with Crippen molar-refractivity contribution < 1.29 is 18.6 Å². The molecule has 0 radical (unpaired) electrons. The zero-order valence-electron chi connectivity index (χ0n) is 7.61. The largest absolute Gasteiger partial charge is 0.437 e. The second-order valence-corrected chi connectivity index (χ2v) is 3.91. The number of nitrogens with one attached hydrogen (secondary N) is 1. The van der Waals surface area contributed by atoms with E-state index in [1.54, 1.807) is 13.8 Å². The summed E-state index contributed by atoms with van der Waals surface area (Å²) in [5, 5.41) is 8.90. The SMILES string of the molecule is CCOP(=O)(NB(C)O)OCC. The Labute approximate surface area is 73.2 Å². The number of hydrogen-bond donors (Lipinski definition) is 2. The van der Waals surface area contributed by atoms with Crippen molar-refractivity contribution in [3.8, 4) is 0 Å². The molecule has 12 heavy (non-hydrogen) atoms. The molecule has 0 aliphatic carbocycles. The van der Waals surface area contributed by atoms with Crippen molar-refractivity contribution in [2.45, 2.75) is 20.7 Å². The smallest absolute Gasteiger partial charge is 0.397 e. The van der Waals surface area contributed by atoms with Gasteiger partial charge in [-0.3, -0.25) is 9.05 Å². The Hall–Kier alpha value is 0.135. The highest BCUT2D eigenvalue weighted by atomic mass is 31.2. The third-order valence-corrected chi connectivity index (χ3v) is 2.83. The fourth-order valence-corrected chi connectivity index (χ4v) is 2.04. The molecule has 0 aliphatic heterocycles. The molecule has 7 heteroatoms. The Balaban J connectivity index is 4.08. The highest BCUT2D eigenvalue weighted by Crippen LogP contribution is 2.43. The molecule has 72 valence electrons. The van der Waals surface area contributed by atoms with Crippen LogP contribution in [0.3, 0.4) is 0 Å². The molecule has 2 N–H and O–H groups in total. The first-order valence-corrected chi connectivity index (χ1v) is 5.43. The van der Waals surface area contributed by atoms with Crippen molar-refractivity contribution in [2.75, 3.05) is 13.2 Å². The summed E-state index contributed by atoms with van der Waals surface area (Å²) >= 11 is 0. The molecule has 0 aromatic carbocycles. The summed E-state index contributed by atoms with van der Waals surface area (Å²) in [6.45, 7) is 5.41. The molecule has 0 amide bonds. The first kappa shape index (κ1) is 12.1. The molecule has 0 rings (SSSR count). The highest BCUT2D eigenvalue weighted by Gasteiger charge is 2.26. The zero-order valence-corrected chi connectivity index (χ0v) is 8.51. The molecular formula is C5H15BNO4P. The molecule has 0 fully saturated rings. The summed E-state index contributed by atoms with van der Waals surface area (Å²) in [5.74, 6) is 0. The Kier molecular flexibility index (Phi) is 5.79. The molecule has 0 atom stereocenters. The van der Waals surface area contributed by atoms with Gasteiger partial charge >= 0.3 is 14.8 Å². The minimum Gasteiger partial charge on any atom is -0.437 e. The molecule has 0 saturated carbocycles. The normalized spacial score (nSPS) is 11.7. The predicted octanol–water partition coefficient (Wildman–Crippen LogP) is 0.867. The summed E-state index contributed by atoms with van der Waals surface area (Å²) in [6, 6.07) is 0. The van der Waals surface area contributed by atoms with E-state index < -0.39 is 14.8 Å². The molecule has 0 aliphatic rings. The van der Waals surface area contributed by atoms with Gasteiger partial charge in [-0.15, -0.1) is 0 Å². The topological polar surface area (TPSA) is 67.8 Å². The van der Waals surface area contributed by atoms with E-state index in [-0.39, 0.29) is 13.2 Å². The van der Waals surface area contributed by atoms with Crippen LogP contribution in [0.15, 0.2) is 0 Å². The lowest BCUT2D eigenvalue weighted by Gasteiger charge is -2.17. The van der Waals surface area contributed by atoms with Crippen molar-refractivity contribution in [3.63, 3.8) is 0 Å². The van der Waals surface area contributed by atoms with Gasteiger partial charge in [0.2, 0.25) is 0 Å². The molecule has 0 bridgehead atoms. The summed E-state index contributed by atoms with van der Waals surface area (Å²) in [7, 11) is -4.18. The number of rotatable bonds is 6. The van der Waals surface area contributed by atoms with Crippen molar-refractivity contribution in [1.29, 1.82) is 0 Å². The van der Waals surface area contributed by atoms with Crippen molar-refractivity contribution >= 4 is 14.8 Å². The van der Waals surface area contributed by atoms with Gasteiger partial charge in [0.1, 0.15) is 0 Å². The molecule has 0 aromatic rings. The summed E-state index contributed by atoms with van der Waals surface area (Å²) in [5.41, 5.74) is 0. The van der Waals surface area contributed by atoms with Crippen LogP contribution in [0.2, 0.25) is 6.82 Å². The van der Waals surface area contributed by atoms with E-state index in [0.717, 1.165) is 0 Å². The van der Waals surface area contributed by atoms with E-state index in [2.05, 4.69) is 5.00 Å². The van der Waals surface area contributed by atoms with Gasteiger partial charge in [-0.1, -0.05) is 0 Å². The van der Waals surface area contributed by atoms with Crippen molar-refractivity contribution in [3.05, 3.63) is 0 Å². The van der Waals surface area contributed by atoms with E-state index in [1.807, 2.05) is 0 Å². The van der Waals surface area contributed by atoms with E-state index in [9.17, 15) is 4.57 Å². The van der Waals surface area contributed by atoms with Crippen LogP contribution in [0.1, 0.15) is 13.8 Å². The lowest BCUT2D eigenvalue weighted by molar-refractivity contribution is 0.215. The molecule has 5 nitrogen and oxygen atoms in total. The van der Waals surface area contributed by atoms with Gasteiger partial charge in [0.05, 0.1) is 13.2 Å². The first-order valence-electron chi connectivity index (χ1n) is 3.89. The van der Waals surface area contributed by atoms with Crippen LogP contribution >= 0.6 is 7.75 Å². The highest BCUT2D eigenvalue weighted by molar-refractivity contribution is 7.53. The van der Waals surface area contributed by atoms with E-state index in [1.165, 1.54) is 6.82 Å². The van der Waals surface area contributed by atoms with Crippen LogP contribution in [-0.4, -0.2) is 25.3 Å². The van der Waals surface area contributed by atoms with Gasteiger partial charge < -0.3 is 5.02 Å². The van der Waals surface area contributed by atoms with Crippen LogP contribution in [-0.2, 0) is 13.6 Å². The molecular weight excluding hydrogens is 180 g/mol. The van der Waals surface area contributed by atoms with Crippen LogP contribution in [0, 0.1) is 0 Å². The first-order chi connectivity index (χ1) is 5.54.